The predicted molar refractivity (Wildman–Crippen MR) is 77.9 cm³/mol. The van der Waals surface area contributed by atoms with E-state index in [-0.39, 0.29) is 12.1 Å². The molecular formula is C16H21N3. The molecule has 0 saturated heterocycles. The first-order chi connectivity index (χ1) is 9.08. The molecule has 19 heavy (non-hydrogen) atoms. The third kappa shape index (κ3) is 3.38. The Morgan fingerprint density at radius 2 is 1.53 bits per heavy atom. The van der Waals surface area contributed by atoms with Crippen LogP contribution in [0.3, 0.4) is 0 Å². The van der Waals surface area contributed by atoms with Crippen molar-refractivity contribution in [3.8, 4) is 0 Å². The van der Waals surface area contributed by atoms with Gasteiger partial charge in [0.25, 0.3) is 0 Å². The van der Waals surface area contributed by atoms with Gasteiger partial charge >= 0.3 is 0 Å². The van der Waals surface area contributed by atoms with E-state index < -0.39 is 0 Å². The summed E-state index contributed by atoms with van der Waals surface area (Å²) in [6.45, 7) is 8.40. The summed E-state index contributed by atoms with van der Waals surface area (Å²) in [5.41, 5.74) is 4.58. The van der Waals surface area contributed by atoms with Crippen molar-refractivity contribution in [3.05, 3.63) is 59.2 Å². The monoisotopic (exact) mass is 255 g/mol. The number of nitrogens with one attached hydrogen (secondary N) is 1. The van der Waals surface area contributed by atoms with E-state index in [1.807, 2.05) is 6.92 Å². The third-order valence-corrected chi connectivity index (χ3v) is 3.41. The van der Waals surface area contributed by atoms with Crippen LogP contribution >= 0.6 is 0 Å². The van der Waals surface area contributed by atoms with Crippen LogP contribution in [0.25, 0.3) is 0 Å². The fourth-order valence-corrected chi connectivity index (χ4v) is 2.25. The lowest BCUT2D eigenvalue weighted by molar-refractivity contribution is 0.483. The summed E-state index contributed by atoms with van der Waals surface area (Å²) in [6.07, 6.45) is 3.48. The molecule has 0 radical (unpaired) electrons. The Morgan fingerprint density at radius 3 is 2.16 bits per heavy atom. The fraction of sp³-hybridized carbons (Fsp3) is 0.375. The largest absolute Gasteiger partial charge is 0.302 e. The second-order valence-corrected chi connectivity index (χ2v) is 5.05. The van der Waals surface area contributed by atoms with Crippen molar-refractivity contribution >= 4 is 0 Å². The van der Waals surface area contributed by atoms with Crippen molar-refractivity contribution < 1.29 is 0 Å². The topological polar surface area (TPSA) is 37.8 Å². The molecule has 1 unspecified atom stereocenters. The lowest BCUT2D eigenvalue weighted by Crippen LogP contribution is -2.24. The Hall–Kier alpha value is -1.74. The number of nitrogens with zero attached hydrogens (tertiary/aromatic N) is 2. The summed E-state index contributed by atoms with van der Waals surface area (Å²) in [5.74, 6) is 0. The highest BCUT2D eigenvalue weighted by atomic mass is 15.0. The fourth-order valence-electron chi connectivity index (χ4n) is 2.25. The van der Waals surface area contributed by atoms with Crippen LogP contribution in [0.4, 0.5) is 0 Å². The second kappa shape index (κ2) is 5.93. The van der Waals surface area contributed by atoms with Gasteiger partial charge in [0.2, 0.25) is 0 Å². The maximum atomic E-state index is 4.41. The molecular weight excluding hydrogens is 234 g/mol. The number of rotatable bonds is 4. The zero-order chi connectivity index (χ0) is 13.8. The summed E-state index contributed by atoms with van der Waals surface area (Å²) < 4.78 is 0. The Kier molecular flexibility index (Phi) is 4.27. The molecule has 2 atom stereocenters. The van der Waals surface area contributed by atoms with Gasteiger partial charge < -0.3 is 5.32 Å². The summed E-state index contributed by atoms with van der Waals surface area (Å²) in [7, 11) is 0. The molecule has 0 aliphatic rings. The van der Waals surface area contributed by atoms with Crippen molar-refractivity contribution in [2.75, 3.05) is 0 Å². The minimum Gasteiger partial charge on any atom is -0.302 e. The third-order valence-electron chi connectivity index (χ3n) is 3.41. The predicted octanol–water partition coefficient (Wildman–Crippen LogP) is 3.51. The molecule has 1 aromatic heterocycles. The van der Waals surface area contributed by atoms with Crippen LogP contribution in [-0.4, -0.2) is 9.97 Å². The molecule has 1 N–H and O–H groups in total. The van der Waals surface area contributed by atoms with Crippen molar-refractivity contribution in [2.45, 2.75) is 39.8 Å². The van der Waals surface area contributed by atoms with Crippen LogP contribution in [-0.2, 0) is 0 Å². The molecule has 0 fully saturated rings. The van der Waals surface area contributed by atoms with E-state index in [2.05, 4.69) is 60.3 Å². The first-order valence-electron chi connectivity index (χ1n) is 6.68. The van der Waals surface area contributed by atoms with Gasteiger partial charge in [-0.1, -0.05) is 29.8 Å². The zero-order valence-corrected chi connectivity index (χ0v) is 12.0. The van der Waals surface area contributed by atoms with E-state index in [4.69, 9.17) is 0 Å². The Morgan fingerprint density at radius 1 is 0.895 bits per heavy atom. The molecule has 1 heterocycles. The van der Waals surface area contributed by atoms with Crippen molar-refractivity contribution in [3.63, 3.8) is 0 Å². The van der Waals surface area contributed by atoms with Gasteiger partial charge in [0.1, 0.15) is 0 Å². The van der Waals surface area contributed by atoms with Crippen molar-refractivity contribution in [1.82, 2.24) is 15.3 Å². The average Bonchev–Trinajstić information content (AvgIpc) is 2.39. The van der Waals surface area contributed by atoms with Gasteiger partial charge in [-0.3, -0.25) is 9.97 Å². The van der Waals surface area contributed by atoms with E-state index in [1.165, 1.54) is 11.1 Å². The molecule has 1 aromatic carbocycles. The van der Waals surface area contributed by atoms with Gasteiger partial charge in [0.05, 0.1) is 11.4 Å². The first kappa shape index (κ1) is 13.7. The summed E-state index contributed by atoms with van der Waals surface area (Å²) in [6, 6.07) is 9.10. The smallest absolute Gasteiger partial charge is 0.0782 e. The van der Waals surface area contributed by atoms with E-state index in [9.17, 15) is 0 Å². The molecule has 2 rings (SSSR count). The molecule has 3 heteroatoms. The van der Waals surface area contributed by atoms with Gasteiger partial charge in [-0.15, -0.1) is 0 Å². The van der Waals surface area contributed by atoms with Crippen LogP contribution in [0.15, 0.2) is 36.7 Å². The number of aromatic nitrogens is 2. The minimum atomic E-state index is 0.185. The standard InChI is InChI=1S/C16H21N3/c1-11-5-7-15(8-6-11)12(2)19-14(4)16-13(3)17-9-10-18-16/h5-10,12,14,19H,1-4H3/t12-,14?/m0/s1. The zero-order valence-electron chi connectivity index (χ0n) is 12.0. The molecule has 0 aliphatic carbocycles. The first-order valence-corrected chi connectivity index (χ1v) is 6.68. The number of hydrogen-bond donors (Lipinski definition) is 1. The maximum Gasteiger partial charge on any atom is 0.0782 e. The van der Waals surface area contributed by atoms with E-state index in [0.717, 1.165) is 11.4 Å². The van der Waals surface area contributed by atoms with Crippen LogP contribution in [0.5, 0.6) is 0 Å². The number of benzene rings is 1. The second-order valence-electron chi connectivity index (χ2n) is 5.05. The molecule has 0 spiro atoms. The Bertz CT molecular complexity index is 534. The molecule has 3 nitrogen and oxygen atoms in total. The maximum absolute atomic E-state index is 4.41. The summed E-state index contributed by atoms with van der Waals surface area (Å²) in [4.78, 5) is 8.70. The quantitative estimate of drug-likeness (QED) is 0.908. The van der Waals surface area contributed by atoms with E-state index in [1.54, 1.807) is 12.4 Å². The highest BCUT2D eigenvalue weighted by Crippen LogP contribution is 2.19. The Labute approximate surface area is 115 Å². The molecule has 0 amide bonds. The van der Waals surface area contributed by atoms with Gasteiger partial charge in [-0.05, 0) is 33.3 Å². The normalized spacial score (nSPS) is 14.1. The van der Waals surface area contributed by atoms with Gasteiger partial charge in [0.15, 0.2) is 0 Å². The molecule has 0 saturated carbocycles. The molecule has 2 aromatic rings. The van der Waals surface area contributed by atoms with Gasteiger partial charge in [-0.2, -0.15) is 0 Å². The van der Waals surface area contributed by atoms with Crippen molar-refractivity contribution in [2.24, 2.45) is 0 Å². The lowest BCUT2D eigenvalue weighted by Gasteiger charge is -2.21. The van der Waals surface area contributed by atoms with E-state index >= 15 is 0 Å². The van der Waals surface area contributed by atoms with Gasteiger partial charge in [-0.25, -0.2) is 0 Å². The lowest BCUT2D eigenvalue weighted by atomic mass is 10.0. The highest BCUT2D eigenvalue weighted by molar-refractivity contribution is 5.24. The van der Waals surface area contributed by atoms with Crippen molar-refractivity contribution in [1.29, 1.82) is 0 Å². The highest BCUT2D eigenvalue weighted by Gasteiger charge is 2.14. The van der Waals surface area contributed by atoms with Crippen LogP contribution in [0.2, 0.25) is 0 Å². The summed E-state index contributed by atoms with van der Waals surface area (Å²) in [5, 5.41) is 3.57. The van der Waals surface area contributed by atoms with Crippen LogP contribution in [0, 0.1) is 13.8 Å². The SMILES string of the molecule is Cc1ccc([C@H](C)NC(C)c2nccnc2C)cc1. The van der Waals surface area contributed by atoms with E-state index in [0.29, 0.717) is 0 Å². The van der Waals surface area contributed by atoms with Crippen LogP contribution in [0.1, 0.15) is 48.4 Å². The minimum absolute atomic E-state index is 0.185. The molecule has 100 valence electrons. The van der Waals surface area contributed by atoms with Gasteiger partial charge in [0, 0.05) is 24.5 Å². The Balaban J connectivity index is 2.08. The summed E-state index contributed by atoms with van der Waals surface area (Å²) >= 11 is 0. The number of hydrogen-bond acceptors (Lipinski definition) is 3. The molecule has 0 bridgehead atoms. The van der Waals surface area contributed by atoms with Crippen LogP contribution < -0.4 is 5.32 Å². The average molecular weight is 255 g/mol. The number of aryl methyl sites for hydroxylation is 2. The molecule has 0 aliphatic heterocycles.